The molecule has 2 atom stereocenters. The zero-order chi connectivity index (χ0) is 21.4. The van der Waals surface area contributed by atoms with Crippen molar-refractivity contribution in [1.29, 1.82) is 0 Å². The third-order valence-corrected chi connectivity index (χ3v) is 4.87. The molecular weight excluding hydrogens is 390 g/mol. The first-order valence-corrected chi connectivity index (χ1v) is 10.3. The van der Waals surface area contributed by atoms with E-state index in [-0.39, 0.29) is 30.6 Å². The van der Waals surface area contributed by atoms with Crippen molar-refractivity contribution in [3.63, 3.8) is 0 Å². The van der Waals surface area contributed by atoms with Gasteiger partial charge in [0.05, 0.1) is 25.6 Å². The number of nitrogens with zero attached hydrogens (tertiary/aromatic N) is 1. The predicted octanol–water partition coefficient (Wildman–Crippen LogP) is 3.15. The Balaban J connectivity index is 1.92. The second kappa shape index (κ2) is 10.4. The van der Waals surface area contributed by atoms with E-state index in [0.717, 1.165) is 18.4 Å². The number of hydrogen-bond donors (Lipinski definition) is 2. The summed E-state index contributed by atoms with van der Waals surface area (Å²) >= 11 is 5.44. The molecule has 0 unspecified atom stereocenters. The molecule has 0 bridgehead atoms. The normalized spacial score (nSPS) is 17.4. The van der Waals surface area contributed by atoms with Gasteiger partial charge in [-0.05, 0) is 51.4 Å². The minimum Gasteiger partial charge on any atom is -0.469 e. The monoisotopic (exact) mass is 421 g/mol. The quantitative estimate of drug-likeness (QED) is 0.539. The van der Waals surface area contributed by atoms with E-state index in [9.17, 15) is 9.59 Å². The van der Waals surface area contributed by atoms with Gasteiger partial charge in [-0.25, -0.2) is 4.79 Å². The van der Waals surface area contributed by atoms with Crippen LogP contribution in [0.1, 0.15) is 51.6 Å². The molecular formula is C21H31N3O4S. The van der Waals surface area contributed by atoms with Crippen LogP contribution in [-0.2, 0) is 14.3 Å². The molecule has 0 aromatic heterocycles. The van der Waals surface area contributed by atoms with Crippen LogP contribution >= 0.6 is 12.2 Å². The molecule has 1 heterocycles. The number of carbonyl (C=O) groups is 2. The number of nitrogens with one attached hydrogen (secondary N) is 2. The lowest BCUT2D eigenvalue weighted by Crippen LogP contribution is -2.47. The van der Waals surface area contributed by atoms with Crippen LogP contribution in [-0.4, -0.2) is 53.9 Å². The molecule has 0 spiro atoms. The summed E-state index contributed by atoms with van der Waals surface area (Å²) in [6.07, 6.45) is 1.68. The van der Waals surface area contributed by atoms with Gasteiger partial charge in [0.15, 0.2) is 5.11 Å². The molecule has 0 radical (unpaired) electrons. The first-order valence-electron chi connectivity index (χ1n) is 9.85. The highest BCUT2D eigenvalue weighted by Crippen LogP contribution is 2.21. The topological polar surface area (TPSA) is 79.9 Å². The maximum absolute atomic E-state index is 12.4. The highest BCUT2D eigenvalue weighted by Gasteiger charge is 2.32. The lowest BCUT2D eigenvalue weighted by Gasteiger charge is -2.29. The number of amides is 1. The number of esters is 1. The third-order valence-electron chi connectivity index (χ3n) is 4.61. The maximum Gasteiger partial charge on any atom is 0.410 e. The number of carbonyl (C=O) groups excluding carboxylic acids is 2. The Morgan fingerprint density at radius 3 is 2.59 bits per heavy atom. The van der Waals surface area contributed by atoms with Gasteiger partial charge in [-0.2, -0.15) is 0 Å². The molecule has 1 aromatic rings. The van der Waals surface area contributed by atoms with E-state index >= 15 is 0 Å². The van der Waals surface area contributed by atoms with Gasteiger partial charge in [-0.1, -0.05) is 30.3 Å². The van der Waals surface area contributed by atoms with Gasteiger partial charge in [0.25, 0.3) is 0 Å². The molecule has 2 rings (SSSR count). The van der Waals surface area contributed by atoms with Gasteiger partial charge in [0.2, 0.25) is 0 Å². The average Bonchev–Trinajstić information content (AvgIpc) is 3.14. The lowest BCUT2D eigenvalue weighted by atomic mass is 10.0. The lowest BCUT2D eigenvalue weighted by molar-refractivity contribution is -0.141. The summed E-state index contributed by atoms with van der Waals surface area (Å²) < 4.78 is 10.3. The van der Waals surface area contributed by atoms with Gasteiger partial charge in [-0.15, -0.1) is 0 Å². The minimum absolute atomic E-state index is 0.0142. The molecule has 1 aromatic carbocycles. The largest absolute Gasteiger partial charge is 0.469 e. The van der Waals surface area contributed by atoms with Crippen molar-refractivity contribution in [3.05, 3.63) is 35.9 Å². The van der Waals surface area contributed by atoms with Crippen molar-refractivity contribution in [2.75, 3.05) is 20.2 Å². The molecule has 1 amide bonds. The van der Waals surface area contributed by atoms with Crippen LogP contribution in [0.15, 0.2) is 30.3 Å². The van der Waals surface area contributed by atoms with Crippen LogP contribution < -0.4 is 10.6 Å². The summed E-state index contributed by atoms with van der Waals surface area (Å²) in [5.74, 6) is -0.318. The molecule has 1 aliphatic heterocycles. The van der Waals surface area contributed by atoms with Gasteiger partial charge in [0.1, 0.15) is 5.60 Å². The van der Waals surface area contributed by atoms with Crippen LogP contribution in [0.5, 0.6) is 0 Å². The zero-order valence-corrected chi connectivity index (χ0v) is 18.4. The fourth-order valence-electron chi connectivity index (χ4n) is 3.22. The first-order chi connectivity index (χ1) is 13.7. The summed E-state index contributed by atoms with van der Waals surface area (Å²) in [5, 5.41) is 6.80. The third kappa shape index (κ3) is 7.53. The molecule has 0 aliphatic carbocycles. The summed E-state index contributed by atoms with van der Waals surface area (Å²) in [6, 6.07) is 9.33. The second-order valence-electron chi connectivity index (χ2n) is 8.07. The second-order valence-corrected chi connectivity index (χ2v) is 8.48. The number of hydrogen-bond acceptors (Lipinski definition) is 5. The van der Waals surface area contributed by atoms with Gasteiger partial charge >= 0.3 is 12.1 Å². The number of rotatable bonds is 6. The number of ether oxygens (including phenoxy) is 2. The SMILES string of the molecule is COC(=O)C[C@H](NC(=S)NC[C@@H]1CCCN1C(=O)OC(C)(C)C)c1ccccc1. The highest BCUT2D eigenvalue weighted by atomic mass is 32.1. The number of thiocarbonyl (C=S) groups is 1. The summed E-state index contributed by atoms with van der Waals surface area (Å²) in [4.78, 5) is 26.0. The zero-order valence-electron chi connectivity index (χ0n) is 17.6. The summed E-state index contributed by atoms with van der Waals surface area (Å²) in [7, 11) is 1.37. The van der Waals surface area contributed by atoms with E-state index in [1.807, 2.05) is 51.1 Å². The fraction of sp³-hybridized carbons (Fsp3) is 0.571. The van der Waals surface area contributed by atoms with Gasteiger partial charge in [0, 0.05) is 13.1 Å². The standard InChI is InChI=1S/C21H31N3O4S/c1-21(2,3)28-20(26)24-12-8-11-16(24)14-22-19(29)23-17(13-18(25)27-4)15-9-6-5-7-10-15/h5-7,9-10,16-17H,8,11-14H2,1-4H3,(H2,22,23,29)/t16-,17-/m0/s1. The smallest absolute Gasteiger partial charge is 0.410 e. The van der Waals surface area contributed by atoms with E-state index in [1.54, 1.807) is 4.90 Å². The highest BCUT2D eigenvalue weighted by molar-refractivity contribution is 7.80. The van der Waals surface area contributed by atoms with E-state index in [0.29, 0.717) is 18.2 Å². The van der Waals surface area contributed by atoms with E-state index in [1.165, 1.54) is 7.11 Å². The molecule has 29 heavy (non-hydrogen) atoms. The Hall–Kier alpha value is -2.35. The Labute approximate surface area is 178 Å². The van der Waals surface area contributed by atoms with Crippen molar-refractivity contribution in [2.45, 2.75) is 57.7 Å². The average molecular weight is 422 g/mol. The Morgan fingerprint density at radius 2 is 1.97 bits per heavy atom. The maximum atomic E-state index is 12.4. The fourth-order valence-corrected chi connectivity index (χ4v) is 3.44. The van der Waals surface area contributed by atoms with E-state index in [4.69, 9.17) is 21.7 Å². The summed E-state index contributed by atoms with van der Waals surface area (Å²) in [6.45, 7) is 6.77. The molecule has 1 aliphatic rings. The molecule has 7 nitrogen and oxygen atoms in total. The first kappa shape index (κ1) is 22.9. The van der Waals surface area contributed by atoms with Crippen molar-refractivity contribution in [2.24, 2.45) is 0 Å². The number of methoxy groups -OCH3 is 1. The van der Waals surface area contributed by atoms with Crippen LogP contribution in [0.4, 0.5) is 4.79 Å². The van der Waals surface area contributed by atoms with Crippen LogP contribution in [0.25, 0.3) is 0 Å². The Kier molecular flexibility index (Phi) is 8.25. The van der Waals surface area contributed by atoms with E-state index in [2.05, 4.69) is 10.6 Å². The van der Waals surface area contributed by atoms with Crippen molar-refractivity contribution in [1.82, 2.24) is 15.5 Å². The van der Waals surface area contributed by atoms with E-state index < -0.39 is 5.60 Å². The van der Waals surface area contributed by atoms with Crippen LogP contribution in [0, 0.1) is 0 Å². The Morgan fingerprint density at radius 1 is 1.28 bits per heavy atom. The predicted molar refractivity (Wildman–Crippen MR) is 116 cm³/mol. The van der Waals surface area contributed by atoms with Gasteiger partial charge in [-0.3, -0.25) is 4.79 Å². The molecule has 2 N–H and O–H groups in total. The van der Waals surface area contributed by atoms with Gasteiger partial charge < -0.3 is 25.0 Å². The number of benzene rings is 1. The molecule has 0 saturated carbocycles. The summed E-state index contributed by atoms with van der Waals surface area (Å²) in [5.41, 5.74) is 0.420. The molecule has 8 heteroatoms. The van der Waals surface area contributed by atoms with Crippen molar-refractivity contribution < 1.29 is 19.1 Å². The molecule has 1 fully saturated rings. The number of likely N-dealkylation sites (tertiary alicyclic amines) is 1. The van der Waals surface area contributed by atoms with Crippen LogP contribution in [0.3, 0.4) is 0 Å². The van der Waals surface area contributed by atoms with Crippen molar-refractivity contribution in [3.8, 4) is 0 Å². The van der Waals surface area contributed by atoms with Crippen LogP contribution in [0.2, 0.25) is 0 Å². The molecule has 1 saturated heterocycles. The minimum atomic E-state index is -0.523. The Bertz CT molecular complexity index is 706. The van der Waals surface area contributed by atoms with Crippen molar-refractivity contribution >= 4 is 29.4 Å². The molecule has 160 valence electrons.